The van der Waals surface area contributed by atoms with Crippen molar-refractivity contribution >= 4 is 16.9 Å². The molecule has 1 amide bonds. The first-order valence-electron chi connectivity index (χ1n) is 10.1. The molecule has 28 heavy (non-hydrogen) atoms. The maximum Gasteiger partial charge on any atom is 0.222 e. The first kappa shape index (κ1) is 18.5. The number of carbonyl (C=O) groups is 1. The zero-order valence-corrected chi connectivity index (χ0v) is 16.4. The first-order valence-corrected chi connectivity index (χ1v) is 10.1. The number of carbonyl (C=O) groups excluding carboxylic acids is 1. The lowest BCUT2D eigenvalue weighted by molar-refractivity contribution is -0.132. The molecular weight excluding hydrogens is 350 g/mol. The van der Waals surface area contributed by atoms with Crippen LogP contribution in [0.1, 0.15) is 37.4 Å². The summed E-state index contributed by atoms with van der Waals surface area (Å²) in [6.45, 7) is 2.17. The number of likely N-dealkylation sites (tertiary alicyclic amines) is 1. The van der Waals surface area contributed by atoms with Gasteiger partial charge in [0.15, 0.2) is 0 Å². The van der Waals surface area contributed by atoms with Gasteiger partial charge in [-0.1, -0.05) is 30.3 Å². The number of aromatic nitrogens is 2. The fourth-order valence-corrected chi connectivity index (χ4v) is 4.03. The second-order valence-corrected chi connectivity index (χ2v) is 7.46. The van der Waals surface area contributed by atoms with Crippen LogP contribution in [0.2, 0.25) is 0 Å². The third kappa shape index (κ3) is 4.03. The van der Waals surface area contributed by atoms with Gasteiger partial charge in [-0.25, -0.2) is 4.98 Å². The number of aryl methyl sites for hydroxylation is 1. The van der Waals surface area contributed by atoms with Crippen LogP contribution in [0.25, 0.3) is 11.0 Å². The van der Waals surface area contributed by atoms with E-state index in [4.69, 9.17) is 9.72 Å². The number of fused-ring (bicyclic) bond motifs is 1. The zero-order valence-electron chi connectivity index (χ0n) is 16.4. The summed E-state index contributed by atoms with van der Waals surface area (Å²) in [6, 6.07) is 18.0. The Morgan fingerprint density at radius 3 is 2.75 bits per heavy atom. The zero-order chi connectivity index (χ0) is 19.3. The predicted molar refractivity (Wildman–Crippen MR) is 110 cm³/mol. The van der Waals surface area contributed by atoms with E-state index in [1.807, 2.05) is 47.4 Å². The van der Waals surface area contributed by atoms with Crippen molar-refractivity contribution in [2.75, 3.05) is 19.7 Å². The van der Waals surface area contributed by atoms with Gasteiger partial charge in [0.25, 0.3) is 0 Å². The molecule has 0 radical (unpaired) electrons. The predicted octanol–water partition coefficient (Wildman–Crippen LogP) is 4.14. The molecule has 0 saturated carbocycles. The van der Waals surface area contributed by atoms with E-state index >= 15 is 0 Å². The minimum Gasteiger partial charge on any atom is -0.494 e. The molecule has 1 aliphatic heterocycles. The van der Waals surface area contributed by atoms with Crippen molar-refractivity contribution in [3.63, 3.8) is 0 Å². The third-order valence-electron chi connectivity index (χ3n) is 5.51. The second-order valence-electron chi connectivity index (χ2n) is 7.46. The molecule has 5 nitrogen and oxygen atoms in total. The van der Waals surface area contributed by atoms with Crippen molar-refractivity contribution in [3.8, 4) is 5.75 Å². The van der Waals surface area contributed by atoms with Crippen molar-refractivity contribution in [2.24, 2.45) is 7.05 Å². The Labute approximate surface area is 165 Å². The van der Waals surface area contributed by atoms with Gasteiger partial charge < -0.3 is 14.2 Å². The highest BCUT2D eigenvalue weighted by Crippen LogP contribution is 2.29. The number of hydrogen-bond acceptors (Lipinski definition) is 3. The van der Waals surface area contributed by atoms with Crippen LogP contribution in [-0.4, -0.2) is 40.1 Å². The summed E-state index contributed by atoms with van der Waals surface area (Å²) < 4.78 is 7.88. The van der Waals surface area contributed by atoms with Crippen LogP contribution in [0.3, 0.4) is 0 Å². The molecule has 5 heteroatoms. The number of benzene rings is 2. The molecule has 0 spiro atoms. The van der Waals surface area contributed by atoms with Gasteiger partial charge in [-0.15, -0.1) is 0 Å². The third-order valence-corrected chi connectivity index (χ3v) is 5.51. The van der Waals surface area contributed by atoms with Crippen molar-refractivity contribution in [1.82, 2.24) is 14.5 Å². The number of amides is 1. The number of piperidine rings is 1. The topological polar surface area (TPSA) is 47.4 Å². The summed E-state index contributed by atoms with van der Waals surface area (Å²) in [7, 11) is 2.08. The Morgan fingerprint density at radius 2 is 1.93 bits per heavy atom. The Morgan fingerprint density at radius 1 is 1.14 bits per heavy atom. The fraction of sp³-hybridized carbons (Fsp3) is 0.391. The second kappa shape index (κ2) is 8.46. The van der Waals surface area contributed by atoms with Gasteiger partial charge in [0.2, 0.25) is 5.91 Å². The highest BCUT2D eigenvalue weighted by molar-refractivity contribution is 5.77. The highest BCUT2D eigenvalue weighted by atomic mass is 16.5. The number of hydrogen-bond donors (Lipinski definition) is 0. The van der Waals surface area contributed by atoms with E-state index in [0.717, 1.165) is 55.0 Å². The van der Waals surface area contributed by atoms with E-state index in [1.54, 1.807) is 0 Å². The number of imidazole rings is 1. The smallest absolute Gasteiger partial charge is 0.222 e. The van der Waals surface area contributed by atoms with E-state index in [1.165, 1.54) is 0 Å². The lowest BCUT2D eigenvalue weighted by Crippen LogP contribution is -2.39. The SMILES string of the molecule is Cn1c(C2CCCN(C(=O)CCCOc3ccccc3)C2)nc2ccccc21. The van der Waals surface area contributed by atoms with Crippen molar-refractivity contribution < 1.29 is 9.53 Å². The van der Waals surface area contributed by atoms with Crippen LogP contribution >= 0.6 is 0 Å². The van der Waals surface area contributed by atoms with Gasteiger partial charge in [0, 0.05) is 32.5 Å². The van der Waals surface area contributed by atoms with Gasteiger partial charge in [-0.3, -0.25) is 4.79 Å². The molecule has 1 saturated heterocycles. The van der Waals surface area contributed by atoms with E-state index in [2.05, 4.69) is 23.7 Å². The summed E-state index contributed by atoms with van der Waals surface area (Å²) in [6.07, 6.45) is 3.38. The average Bonchev–Trinajstić information content (AvgIpc) is 3.09. The Bertz CT molecular complexity index is 935. The van der Waals surface area contributed by atoms with E-state index in [-0.39, 0.29) is 5.91 Å². The minimum atomic E-state index is 0.222. The van der Waals surface area contributed by atoms with E-state index in [9.17, 15) is 4.79 Å². The Hall–Kier alpha value is -2.82. The molecule has 3 aromatic rings. The van der Waals surface area contributed by atoms with E-state index in [0.29, 0.717) is 18.9 Å². The summed E-state index contributed by atoms with van der Waals surface area (Å²) in [5.74, 6) is 2.47. The first-order chi connectivity index (χ1) is 13.7. The standard InChI is InChI=1S/C23H27N3O2/c1-25-21-13-6-5-12-20(21)24-23(25)18-9-7-15-26(17-18)22(27)14-8-16-28-19-10-3-2-4-11-19/h2-6,10-13,18H,7-9,14-17H2,1H3. The lowest BCUT2D eigenvalue weighted by Gasteiger charge is -2.32. The molecule has 0 aliphatic carbocycles. The van der Waals surface area contributed by atoms with Crippen LogP contribution in [0, 0.1) is 0 Å². The van der Waals surface area contributed by atoms with Gasteiger partial charge in [-0.2, -0.15) is 0 Å². The van der Waals surface area contributed by atoms with Crippen LogP contribution in [0.5, 0.6) is 5.75 Å². The van der Waals surface area contributed by atoms with E-state index < -0.39 is 0 Å². The number of rotatable bonds is 6. The molecule has 0 N–H and O–H groups in total. The van der Waals surface area contributed by atoms with Gasteiger partial charge in [0.05, 0.1) is 17.6 Å². The molecule has 1 fully saturated rings. The molecule has 1 atom stereocenters. The number of para-hydroxylation sites is 3. The quantitative estimate of drug-likeness (QED) is 0.607. The van der Waals surface area contributed by atoms with Crippen molar-refractivity contribution in [3.05, 3.63) is 60.4 Å². The average molecular weight is 377 g/mol. The summed E-state index contributed by atoms with van der Waals surface area (Å²) in [5, 5.41) is 0. The summed E-state index contributed by atoms with van der Waals surface area (Å²) >= 11 is 0. The minimum absolute atomic E-state index is 0.222. The maximum absolute atomic E-state index is 12.7. The molecule has 146 valence electrons. The van der Waals surface area contributed by atoms with Crippen LogP contribution in [-0.2, 0) is 11.8 Å². The fourth-order valence-electron chi connectivity index (χ4n) is 4.03. The highest BCUT2D eigenvalue weighted by Gasteiger charge is 2.27. The van der Waals surface area contributed by atoms with Crippen LogP contribution < -0.4 is 4.74 Å². The molecule has 2 aromatic carbocycles. The van der Waals surface area contributed by atoms with Crippen LogP contribution in [0.15, 0.2) is 54.6 Å². The molecule has 1 aromatic heterocycles. The van der Waals surface area contributed by atoms with Crippen LogP contribution in [0.4, 0.5) is 0 Å². The number of nitrogens with zero attached hydrogens (tertiary/aromatic N) is 3. The van der Waals surface area contributed by atoms with Crippen molar-refractivity contribution in [2.45, 2.75) is 31.6 Å². The largest absolute Gasteiger partial charge is 0.494 e. The maximum atomic E-state index is 12.7. The molecule has 0 bridgehead atoms. The van der Waals surface area contributed by atoms with Crippen molar-refractivity contribution in [1.29, 1.82) is 0 Å². The van der Waals surface area contributed by atoms with Gasteiger partial charge >= 0.3 is 0 Å². The summed E-state index contributed by atoms with van der Waals surface area (Å²) in [5.41, 5.74) is 2.18. The summed E-state index contributed by atoms with van der Waals surface area (Å²) in [4.78, 5) is 19.5. The molecule has 2 heterocycles. The molecular formula is C23H27N3O2. The molecule has 1 unspecified atom stereocenters. The van der Waals surface area contributed by atoms with Gasteiger partial charge in [0.1, 0.15) is 11.6 Å². The normalized spacial score (nSPS) is 17.0. The van der Waals surface area contributed by atoms with Gasteiger partial charge in [-0.05, 0) is 43.5 Å². The Balaban J connectivity index is 1.32. The Kier molecular flexibility index (Phi) is 5.60. The number of ether oxygens (including phenoxy) is 1. The molecule has 1 aliphatic rings. The monoisotopic (exact) mass is 377 g/mol. The molecule has 4 rings (SSSR count). The lowest BCUT2D eigenvalue weighted by atomic mass is 9.96.